The summed E-state index contributed by atoms with van der Waals surface area (Å²) in [4.78, 5) is 13.7. The number of anilines is 1. The maximum absolute atomic E-state index is 13.2. The third-order valence-corrected chi connectivity index (χ3v) is 7.01. The second-order valence-electron chi connectivity index (χ2n) is 7.15. The SMILES string of the molecule is COc1ccc(NC(C)=O)cc1S(=O)(=O)N1CCN(Cc2ccccc2C)CC1. The molecule has 3 rings (SSSR count). The second kappa shape index (κ2) is 8.94. The topological polar surface area (TPSA) is 78.9 Å². The molecule has 0 atom stereocenters. The molecule has 1 aliphatic heterocycles. The maximum Gasteiger partial charge on any atom is 0.246 e. The van der Waals surface area contributed by atoms with Crippen molar-refractivity contribution in [1.29, 1.82) is 0 Å². The zero-order valence-electron chi connectivity index (χ0n) is 17.0. The lowest BCUT2D eigenvalue weighted by molar-refractivity contribution is -0.114. The summed E-state index contributed by atoms with van der Waals surface area (Å²) >= 11 is 0. The van der Waals surface area contributed by atoms with Crippen LogP contribution in [-0.2, 0) is 21.4 Å². The van der Waals surface area contributed by atoms with Crippen LogP contribution in [-0.4, -0.2) is 56.8 Å². The number of sulfonamides is 1. The predicted molar refractivity (Wildman–Crippen MR) is 113 cm³/mol. The Morgan fingerprint density at radius 3 is 2.41 bits per heavy atom. The molecule has 1 amide bonds. The minimum Gasteiger partial charge on any atom is -0.495 e. The molecule has 1 aliphatic rings. The van der Waals surface area contributed by atoms with Crippen LogP contribution in [0.2, 0.25) is 0 Å². The summed E-state index contributed by atoms with van der Waals surface area (Å²) in [7, 11) is -2.30. The predicted octanol–water partition coefficient (Wildman–Crippen LogP) is 2.47. The van der Waals surface area contributed by atoms with Gasteiger partial charge < -0.3 is 10.1 Å². The van der Waals surface area contributed by atoms with Crippen LogP contribution in [0, 0.1) is 6.92 Å². The Labute approximate surface area is 172 Å². The van der Waals surface area contributed by atoms with E-state index in [0.717, 1.165) is 6.54 Å². The van der Waals surface area contributed by atoms with Crippen LogP contribution < -0.4 is 10.1 Å². The van der Waals surface area contributed by atoms with Gasteiger partial charge in [-0.2, -0.15) is 4.31 Å². The smallest absolute Gasteiger partial charge is 0.246 e. The van der Waals surface area contributed by atoms with Gasteiger partial charge in [-0.25, -0.2) is 8.42 Å². The van der Waals surface area contributed by atoms with E-state index in [-0.39, 0.29) is 16.6 Å². The molecule has 0 unspecified atom stereocenters. The number of amides is 1. The van der Waals surface area contributed by atoms with Gasteiger partial charge in [-0.3, -0.25) is 9.69 Å². The zero-order valence-corrected chi connectivity index (χ0v) is 17.8. The molecule has 0 aromatic heterocycles. The Hall–Kier alpha value is -2.42. The van der Waals surface area contributed by atoms with Crippen molar-refractivity contribution in [1.82, 2.24) is 9.21 Å². The third-order valence-electron chi connectivity index (χ3n) is 5.09. The molecule has 0 spiro atoms. The highest BCUT2D eigenvalue weighted by Crippen LogP contribution is 2.30. The monoisotopic (exact) mass is 417 g/mol. The number of hydrogen-bond donors (Lipinski definition) is 1. The molecule has 1 N–H and O–H groups in total. The first kappa shape index (κ1) is 21.3. The fraction of sp³-hybridized carbons (Fsp3) is 0.381. The highest BCUT2D eigenvalue weighted by Gasteiger charge is 2.31. The van der Waals surface area contributed by atoms with Crippen molar-refractivity contribution in [2.75, 3.05) is 38.6 Å². The van der Waals surface area contributed by atoms with Crippen LogP contribution in [0.4, 0.5) is 5.69 Å². The van der Waals surface area contributed by atoms with Gasteiger partial charge in [-0.15, -0.1) is 0 Å². The molecule has 0 radical (unpaired) electrons. The van der Waals surface area contributed by atoms with E-state index in [0.29, 0.717) is 31.9 Å². The normalized spacial score (nSPS) is 15.8. The van der Waals surface area contributed by atoms with Gasteiger partial charge in [0.15, 0.2) is 0 Å². The van der Waals surface area contributed by atoms with Crippen molar-refractivity contribution in [3.05, 3.63) is 53.6 Å². The fourth-order valence-electron chi connectivity index (χ4n) is 3.45. The van der Waals surface area contributed by atoms with E-state index >= 15 is 0 Å². The lowest BCUT2D eigenvalue weighted by Crippen LogP contribution is -2.48. The molecule has 2 aromatic rings. The summed E-state index contributed by atoms with van der Waals surface area (Å²) < 4.78 is 33.2. The number of ether oxygens (including phenoxy) is 1. The molecule has 1 heterocycles. The molecule has 0 aliphatic carbocycles. The average Bonchev–Trinajstić information content (AvgIpc) is 2.69. The van der Waals surface area contributed by atoms with Gasteiger partial charge in [0, 0.05) is 45.3 Å². The minimum absolute atomic E-state index is 0.0682. The minimum atomic E-state index is -3.74. The van der Waals surface area contributed by atoms with Crippen LogP contribution in [0.25, 0.3) is 0 Å². The summed E-state index contributed by atoms with van der Waals surface area (Å²) in [6.45, 7) is 6.39. The number of piperazine rings is 1. The molecular formula is C21H27N3O4S. The van der Waals surface area contributed by atoms with Crippen molar-refractivity contribution in [3.8, 4) is 5.75 Å². The standard InChI is InChI=1S/C21H27N3O4S/c1-16-6-4-5-7-18(16)15-23-10-12-24(13-11-23)29(26,27)21-14-19(22-17(2)25)8-9-20(21)28-3/h4-9,14H,10-13,15H2,1-3H3,(H,22,25). The number of benzene rings is 2. The lowest BCUT2D eigenvalue weighted by atomic mass is 10.1. The van der Waals surface area contributed by atoms with Gasteiger partial charge in [-0.1, -0.05) is 24.3 Å². The largest absolute Gasteiger partial charge is 0.495 e. The molecule has 1 saturated heterocycles. The fourth-order valence-corrected chi connectivity index (χ4v) is 5.06. The first-order valence-corrected chi connectivity index (χ1v) is 11.0. The number of carbonyl (C=O) groups excluding carboxylic acids is 1. The summed E-state index contributed by atoms with van der Waals surface area (Å²) in [5, 5.41) is 2.63. The van der Waals surface area contributed by atoms with E-state index in [1.807, 2.05) is 12.1 Å². The van der Waals surface area contributed by atoms with Crippen LogP contribution in [0.3, 0.4) is 0 Å². The second-order valence-corrected chi connectivity index (χ2v) is 9.06. The van der Waals surface area contributed by atoms with E-state index in [1.165, 1.54) is 35.5 Å². The molecule has 0 bridgehead atoms. The van der Waals surface area contributed by atoms with E-state index in [9.17, 15) is 13.2 Å². The average molecular weight is 418 g/mol. The Kier molecular flexibility index (Phi) is 6.56. The first-order chi connectivity index (χ1) is 13.8. The van der Waals surface area contributed by atoms with Gasteiger partial charge in [-0.05, 0) is 36.2 Å². The number of methoxy groups -OCH3 is 1. The quantitative estimate of drug-likeness (QED) is 0.781. The Balaban J connectivity index is 1.74. The molecule has 2 aromatic carbocycles. The van der Waals surface area contributed by atoms with Crippen molar-refractivity contribution in [2.24, 2.45) is 0 Å². The molecule has 8 heteroatoms. The zero-order chi connectivity index (χ0) is 21.0. The highest BCUT2D eigenvalue weighted by atomic mass is 32.2. The number of hydrogen-bond acceptors (Lipinski definition) is 5. The molecule has 29 heavy (non-hydrogen) atoms. The van der Waals surface area contributed by atoms with Crippen molar-refractivity contribution < 1.29 is 17.9 Å². The molecule has 1 fully saturated rings. The number of aryl methyl sites for hydroxylation is 1. The maximum atomic E-state index is 13.2. The molecule has 7 nitrogen and oxygen atoms in total. The van der Waals surface area contributed by atoms with Crippen molar-refractivity contribution in [3.63, 3.8) is 0 Å². The lowest BCUT2D eigenvalue weighted by Gasteiger charge is -2.34. The highest BCUT2D eigenvalue weighted by molar-refractivity contribution is 7.89. The number of nitrogens with one attached hydrogen (secondary N) is 1. The Morgan fingerprint density at radius 2 is 1.79 bits per heavy atom. The van der Waals surface area contributed by atoms with Crippen LogP contribution >= 0.6 is 0 Å². The van der Waals surface area contributed by atoms with Crippen LogP contribution in [0.15, 0.2) is 47.4 Å². The number of carbonyl (C=O) groups is 1. The summed E-state index contributed by atoms with van der Waals surface area (Å²) in [6, 6.07) is 12.9. The third kappa shape index (κ3) is 4.95. The summed E-state index contributed by atoms with van der Waals surface area (Å²) in [6.07, 6.45) is 0. The molecule has 0 saturated carbocycles. The van der Waals surface area contributed by atoms with E-state index in [4.69, 9.17) is 4.74 Å². The summed E-state index contributed by atoms with van der Waals surface area (Å²) in [5.41, 5.74) is 2.92. The van der Waals surface area contributed by atoms with E-state index in [1.54, 1.807) is 12.1 Å². The Bertz CT molecular complexity index is 983. The number of rotatable bonds is 6. The number of nitrogens with zero attached hydrogens (tertiary/aromatic N) is 2. The van der Waals surface area contributed by atoms with Gasteiger partial charge in [0.1, 0.15) is 10.6 Å². The molecular weight excluding hydrogens is 390 g/mol. The van der Waals surface area contributed by atoms with Gasteiger partial charge in [0.05, 0.1) is 7.11 Å². The van der Waals surface area contributed by atoms with Crippen LogP contribution in [0.5, 0.6) is 5.75 Å². The molecule has 156 valence electrons. The van der Waals surface area contributed by atoms with Crippen LogP contribution in [0.1, 0.15) is 18.1 Å². The van der Waals surface area contributed by atoms with Gasteiger partial charge in [0.2, 0.25) is 15.9 Å². The van der Waals surface area contributed by atoms with Crippen molar-refractivity contribution >= 4 is 21.6 Å². The summed E-state index contributed by atoms with van der Waals surface area (Å²) in [5.74, 6) is 0.00442. The van der Waals surface area contributed by atoms with Gasteiger partial charge in [0.25, 0.3) is 0 Å². The van der Waals surface area contributed by atoms with Crippen molar-refractivity contribution in [2.45, 2.75) is 25.3 Å². The Morgan fingerprint density at radius 1 is 1.10 bits per heavy atom. The van der Waals surface area contributed by atoms with E-state index < -0.39 is 10.0 Å². The van der Waals surface area contributed by atoms with E-state index in [2.05, 4.69) is 29.3 Å². The first-order valence-electron chi connectivity index (χ1n) is 9.54. The van der Waals surface area contributed by atoms with Gasteiger partial charge >= 0.3 is 0 Å².